The number of rotatable bonds is 6. The van der Waals surface area contributed by atoms with Crippen molar-refractivity contribution < 1.29 is 0 Å². The van der Waals surface area contributed by atoms with Crippen molar-refractivity contribution in [3.63, 3.8) is 0 Å². The molecule has 2 nitrogen and oxygen atoms in total. The highest BCUT2D eigenvalue weighted by molar-refractivity contribution is 5.21. The standard InChI is InChI=1S/C19H32N2/c1-5-11-17-15-21(19(4,6-2)7-3)18(14-20-17)16-12-9-8-10-13-16/h8-10,12-13,17-18,20H,5-7,11,14-15H2,1-4H3. The summed E-state index contributed by atoms with van der Waals surface area (Å²) in [6.07, 6.45) is 4.97. The van der Waals surface area contributed by atoms with Gasteiger partial charge in [0.25, 0.3) is 0 Å². The van der Waals surface area contributed by atoms with Gasteiger partial charge in [0.2, 0.25) is 0 Å². The second-order valence-electron chi connectivity index (χ2n) is 6.68. The Balaban J connectivity index is 2.26. The molecule has 1 fully saturated rings. The normalized spacial score (nSPS) is 24.2. The maximum absolute atomic E-state index is 3.78. The van der Waals surface area contributed by atoms with Gasteiger partial charge in [0.05, 0.1) is 0 Å². The summed E-state index contributed by atoms with van der Waals surface area (Å²) < 4.78 is 0. The van der Waals surface area contributed by atoms with Crippen LogP contribution in [-0.2, 0) is 0 Å². The van der Waals surface area contributed by atoms with E-state index < -0.39 is 0 Å². The van der Waals surface area contributed by atoms with Gasteiger partial charge in [0, 0.05) is 30.7 Å². The van der Waals surface area contributed by atoms with Crippen LogP contribution < -0.4 is 5.32 Å². The van der Waals surface area contributed by atoms with Crippen LogP contribution in [0.5, 0.6) is 0 Å². The van der Waals surface area contributed by atoms with Crippen molar-refractivity contribution in [1.82, 2.24) is 10.2 Å². The van der Waals surface area contributed by atoms with E-state index in [0.717, 1.165) is 6.54 Å². The van der Waals surface area contributed by atoms with Crippen LogP contribution in [0.4, 0.5) is 0 Å². The highest BCUT2D eigenvalue weighted by atomic mass is 15.3. The van der Waals surface area contributed by atoms with Crippen molar-refractivity contribution in [1.29, 1.82) is 0 Å². The van der Waals surface area contributed by atoms with Crippen molar-refractivity contribution in [2.24, 2.45) is 0 Å². The third-order valence-electron chi connectivity index (χ3n) is 5.43. The first-order valence-corrected chi connectivity index (χ1v) is 8.69. The van der Waals surface area contributed by atoms with E-state index in [0.29, 0.717) is 17.6 Å². The maximum Gasteiger partial charge on any atom is 0.0478 e. The van der Waals surface area contributed by atoms with Crippen LogP contribution in [-0.4, -0.2) is 29.6 Å². The van der Waals surface area contributed by atoms with Gasteiger partial charge in [0.15, 0.2) is 0 Å². The Labute approximate surface area is 130 Å². The fraction of sp³-hybridized carbons (Fsp3) is 0.684. The molecule has 0 aromatic heterocycles. The first kappa shape index (κ1) is 16.5. The van der Waals surface area contributed by atoms with E-state index in [1.807, 2.05) is 0 Å². The Hall–Kier alpha value is -0.860. The van der Waals surface area contributed by atoms with E-state index in [4.69, 9.17) is 0 Å². The second kappa shape index (κ2) is 7.42. The van der Waals surface area contributed by atoms with E-state index in [-0.39, 0.29) is 0 Å². The van der Waals surface area contributed by atoms with Gasteiger partial charge in [-0.25, -0.2) is 0 Å². The minimum absolute atomic E-state index is 0.300. The monoisotopic (exact) mass is 288 g/mol. The van der Waals surface area contributed by atoms with E-state index in [1.165, 1.54) is 37.8 Å². The molecule has 1 N–H and O–H groups in total. The molecule has 1 aliphatic heterocycles. The minimum Gasteiger partial charge on any atom is -0.311 e. The van der Waals surface area contributed by atoms with Crippen LogP contribution >= 0.6 is 0 Å². The quantitative estimate of drug-likeness (QED) is 0.835. The van der Waals surface area contributed by atoms with Crippen LogP contribution in [0, 0.1) is 0 Å². The number of piperazine rings is 1. The van der Waals surface area contributed by atoms with E-state index in [9.17, 15) is 0 Å². The molecule has 0 saturated carbocycles. The van der Waals surface area contributed by atoms with Crippen molar-refractivity contribution in [3.8, 4) is 0 Å². The van der Waals surface area contributed by atoms with Crippen LogP contribution in [0.2, 0.25) is 0 Å². The average molecular weight is 288 g/mol. The average Bonchev–Trinajstić information content (AvgIpc) is 2.55. The molecule has 118 valence electrons. The predicted octanol–water partition coefficient (Wildman–Crippen LogP) is 4.38. The lowest BCUT2D eigenvalue weighted by Crippen LogP contribution is -2.59. The van der Waals surface area contributed by atoms with E-state index in [1.54, 1.807) is 0 Å². The number of nitrogens with zero attached hydrogens (tertiary/aromatic N) is 1. The van der Waals surface area contributed by atoms with Gasteiger partial charge in [-0.3, -0.25) is 4.90 Å². The highest BCUT2D eigenvalue weighted by Crippen LogP contribution is 2.35. The Morgan fingerprint density at radius 2 is 1.81 bits per heavy atom. The van der Waals surface area contributed by atoms with Crippen LogP contribution in [0.15, 0.2) is 30.3 Å². The lowest BCUT2D eigenvalue weighted by Gasteiger charge is -2.50. The van der Waals surface area contributed by atoms with Gasteiger partial charge >= 0.3 is 0 Å². The third kappa shape index (κ3) is 3.67. The smallest absolute Gasteiger partial charge is 0.0478 e. The first-order chi connectivity index (χ1) is 10.1. The summed E-state index contributed by atoms with van der Waals surface area (Å²) in [5.74, 6) is 0. The molecule has 21 heavy (non-hydrogen) atoms. The minimum atomic E-state index is 0.300. The molecule has 0 amide bonds. The molecule has 2 heteroatoms. The highest BCUT2D eigenvalue weighted by Gasteiger charge is 2.38. The van der Waals surface area contributed by atoms with Crippen molar-refractivity contribution in [2.45, 2.75) is 71.0 Å². The van der Waals surface area contributed by atoms with E-state index >= 15 is 0 Å². The molecule has 1 aromatic rings. The topological polar surface area (TPSA) is 15.3 Å². The van der Waals surface area contributed by atoms with E-state index in [2.05, 4.69) is 68.2 Å². The van der Waals surface area contributed by atoms with Gasteiger partial charge < -0.3 is 5.32 Å². The second-order valence-corrected chi connectivity index (χ2v) is 6.68. The van der Waals surface area contributed by atoms with Gasteiger partial charge in [0.1, 0.15) is 0 Å². The van der Waals surface area contributed by atoms with Crippen LogP contribution in [0.25, 0.3) is 0 Å². The zero-order valence-corrected chi connectivity index (χ0v) is 14.2. The van der Waals surface area contributed by atoms with Gasteiger partial charge in [-0.1, -0.05) is 57.5 Å². The summed E-state index contributed by atoms with van der Waals surface area (Å²) in [6, 6.07) is 12.2. The number of benzene rings is 1. The molecule has 1 aromatic carbocycles. The Bertz CT molecular complexity index is 411. The first-order valence-electron chi connectivity index (χ1n) is 8.69. The lowest BCUT2D eigenvalue weighted by atomic mass is 9.87. The largest absolute Gasteiger partial charge is 0.311 e. The Morgan fingerprint density at radius 1 is 1.14 bits per heavy atom. The number of hydrogen-bond donors (Lipinski definition) is 1. The van der Waals surface area contributed by atoms with Crippen molar-refractivity contribution >= 4 is 0 Å². The fourth-order valence-electron chi connectivity index (χ4n) is 3.59. The van der Waals surface area contributed by atoms with Crippen molar-refractivity contribution in [3.05, 3.63) is 35.9 Å². The summed E-state index contributed by atoms with van der Waals surface area (Å²) in [5, 5.41) is 3.78. The zero-order chi connectivity index (χ0) is 15.3. The fourth-order valence-corrected chi connectivity index (χ4v) is 3.59. The van der Waals surface area contributed by atoms with Gasteiger partial charge in [-0.2, -0.15) is 0 Å². The lowest BCUT2D eigenvalue weighted by molar-refractivity contribution is 0.0116. The Morgan fingerprint density at radius 3 is 2.38 bits per heavy atom. The number of hydrogen-bond acceptors (Lipinski definition) is 2. The maximum atomic E-state index is 3.78. The molecular weight excluding hydrogens is 256 g/mol. The SMILES string of the molecule is CCCC1CN(C(C)(CC)CC)C(c2ccccc2)CN1. The molecule has 2 rings (SSSR count). The third-order valence-corrected chi connectivity index (χ3v) is 5.43. The summed E-state index contributed by atoms with van der Waals surface area (Å²) in [7, 11) is 0. The van der Waals surface area contributed by atoms with Gasteiger partial charge in [-0.05, 0) is 31.7 Å². The molecule has 0 radical (unpaired) electrons. The summed E-state index contributed by atoms with van der Waals surface area (Å²) in [6.45, 7) is 11.6. The molecular formula is C19H32N2. The molecule has 0 aliphatic carbocycles. The van der Waals surface area contributed by atoms with Crippen LogP contribution in [0.1, 0.15) is 65.0 Å². The molecule has 2 unspecified atom stereocenters. The Kier molecular flexibility index (Phi) is 5.83. The molecule has 1 heterocycles. The molecule has 1 saturated heterocycles. The summed E-state index contributed by atoms with van der Waals surface area (Å²) in [5.41, 5.74) is 1.75. The molecule has 0 bridgehead atoms. The zero-order valence-electron chi connectivity index (χ0n) is 14.2. The molecule has 1 aliphatic rings. The van der Waals surface area contributed by atoms with Crippen LogP contribution in [0.3, 0.4) is 0 Å². The number of nitrogens with one attached hydrogen (secondary N) is 1. The van der Waals surface area contributed by atoms with Gasteiger partial charge in [-0.15, -0.1) is 0 Å². The van der Waals surface area contributed by atoms with Crippen molar-refractivity contribution in [2.75, 3.05) is 13.1 Å². The molecule has 0 spiro atoms. The summed E-state index contributed by atoms with van der Waals surface area (Å²) in [4.78, 5) is 2.78. The molecule has 2 atom stereocenters. The predicted molar refractivity (Wildman–Crippen MR) is 91.6 cm³/mol. The summed E-state index contributed by atoms with van der Waals surface area (Å²) >= 11 is 0.